The molecule has 2 saturated heterocycles. The second-order valence-corrected chi connectivity index (χ2v) is 9.47. The molecular formula is C18H29ClIN5O2S. The number of piperazine rings is 1. The third-order valence-electron chi connectivity index (χ3n) is 5.15. The van der Waals surface area contributed by atoms with Crippen LogP contribution < -0.4 is 10.2 Å². The Kier molecular flexibility index (Phi) is 8.65. The van der Waals surface area contributed by atoms with E-state index in [1.54, 1.807) is 11.4 Å². The molecule has 1 aromatic carbocycles. The monoisotopic (exact) mass is 541 g/mol. The first kappa shape index (κ1) is 23.5. The fourth-order valence-electron chi connectivity index (χ4n) is 3.65. The number of hydrogen-bond donors (Lipinski definition) is 1. The number of rotatable bonds is 4. The molecule has 0 atom stereocenters. The van der Waals surface area contributed by atoms with Gasteiger partial charge in [-0.25, -0.2) is 12.7 Å². The van der Waals surface area contributed by atoms with Crippen LogP contribution in [0.15, 0.2) is 23.2 Å². The molecular weight excluding hydrogens is 513 g/mol. The average molecular weight is 542 g/mol. The van der Waals surface area contributed by atoms with Crippen LogP contribution in [-0.4, -0.2) is 82.2 Å². The van der Waals surface area contributed by atoms with Gasteiger partial charge in [0.1, 0.15) is 0 Å². The Labute approximate surface area is 190 Å². The minimum Gasteiger partial charge on any atom is -0.368 e. The lowest BCUT2D eigenvalue weighted by atomic mass is 10.1. The number of anilines is 1. The zero-order valence-corrected chi connectivity index (χ0v) is 20.3. The Morgan fingerprint density at radius 1 is 1.21 bits per heavy atom. The number of nitrogens with one attached hydrogen (secondary N) is 1. The van der Waals surface area contributed by atoms with E-state index in [4.69, 9.17) is 11.6 Å². The second kappa shape index (κ2) is 10.3. The molecule has 7 nitrogen and oxygen atoms in total. The van der Waals surface area contributed by atoms with Crippen molar-refractivity contribution in [2.24, 2.45) is 4.99 Å². The summed E-state index contributed by atoms with van der Waals surface area (Å²) in [6.45, 7) is 7.28. The molecule has 1 aromatic rings. The Morgan fingerprint density at radius 3 is 2.54 bits per heavy atom. The van der Waals surface area contributed by atoms with Crippen LogP contribution in [0.3, 0.4) is 0 Å². The fraction of sp³-hybridized carbons (Fsp3) is 0.611. The molecule has 0 unspecified atom stereocenters. The third kappa shape index (κ3) is 5.64. The minimum atomic E-state index is -3.04. The van der Waals surface area contributed by atoms with E-state index in [0.717, 1.165) is 43.6 Å². The van der Waals surface area contributed by atoms with Crippen molar-refractivity contribution < 1.29 is 8.42 Å². The van der Waals surface area contributed by atoms with Crippen LogP contribution in [0.1, 0.15) is 12.0 Å². The van der Waals surface area contributed by atoms with E-state index in [1.165, 1.54) is 11.3 Å². The molecule has 2 fully saturated rings. The SMILES string of the molecule is CN=C(NCCN1CCCS1(=O)=O)N1CCN(c2cc(Cl)ccc2C)CC1.I. The molecule has 0 radical (unpaired) electrons. The summed E-state index contributed by atoms with van der Waals surface area (Å²) in [6.07, 6.45) is 0.724. The molecule has 0 saturated carbocycles. The standard InChI is InChI=1S/C18H28ClN5O2S.HI/c1-15-4-5-16(19)14-17(15)22-9-11-23(12-10-22)18(20-2)21-6-8-24-7-3-13-27(24,25)26;/h4-5,14H,3,6-13H2,1-2H3,(H,20,21);1H. The van der Waals surface area contributed by atoms with Gasteiger partial charge in [-0.1, -0.05) is 17.7 Å². The maximum Gasteiger partial charge on any atom is 0.214 e. The van der Waals surface area contributed by atoms with Crippen LogP contribution in [0.4, 0.5) is 5.69 Å². The van der Waals surface area contributed by atoms with E-state index < -0.39 is 10.0 Å². The van der Waals surface area contributed by atoms with E-state index >= 15 is 0 Å². The molecule has 0 aliphatic carbocycles. The number of hydrogen-bond acceptors (Lipinski definition) is 4. The number of guanidine groups is 1. The summed E-state index contributed by atoms with van der Waals surface area (Å²) in [5, 5.41) is 4.07. The van der Waals surface area contributed by atoms with Gasteiger partial charge in [0.05, 0.1) is 5.75 Å². The molecule has 3 rings (SSSR count). The van der Waals surface area contributed by atoms with Gasteiger partial charge in [0.25, 0.3) is 0 Å². The Bertz CT molecular complexity index is 797. The summed E-state index contributed by atoms with van der Waals surface area (Å²) in [5.41, 5.74) is 2.41. The minimum absolute atomic E-state index is 0. The highest BCUT2D eigenvalue weighted by molar-refractivity contribution is 14.0. The number of sulfonamides is 1. The first-order valence-electron chi connectivity index (χ1n) is 9.35. The lowest BCUT2D eigenvalue weighted by Crippen LogP contribution is -2.53. The van der Waals surface area contributed by atoms with Crippen LogP contribution in [-0.2, 0) is 10.0 Å². The van der Waals surface area contributed by atoms with Gasteiger partial charge in [0.15, 0.2) is 5.96 Å². The average Bonchev–Trinajstić information content (AvgIpc) is 2.99. The first-order valence-corrected chi connectivity index (χ1v) is 11.3. The Hall–Kier alpha value is -0.780. The summed E-state index contributed by atoms with van der Waals surface area (Å²) >= 11 is 6.16. The normalized spacial score (nSPS) is 20.2. The molecule has 2 aliphatic rings. The van der Waals surface area contributed by atoms with Gasteiger partial charge in [-0.05, 0) is 31.0 Å². The van der Waals surface area contributed by atoms with Crippen molar-refractivity contribution in [3.63, 3.8) is 0 Å². The number of halogens is 2. The molecule has 158 valence electrons. The molecule has 0 amide bonds. The van der Waals surface area contributed by atoms with Gasteiger partial charge < -0.3 is 15.1 Å². The molecule has 0 aromatic heterocycles. The largest absolute Gasteiger partial charge is 0.368 e. The summed E-state index contributed by atoms with van der Waals surface area (Å²) in [6, 6.07) is 6.00. The second-order valence-electron chi connectivity index (χ2n) is 6.95. The Morgan fingerprint density at radius 2 is 1.93 bits per heavy atom. The van der Waals surface area contributed by atoms with Crippen LogP contribution >= 0.6 is 35.6 Å². The lowest BCUT2D eigenvalue weighted by Gasteiger charge is -2.38. The molecule has 0 spiro atoms. The van der Waals surface area contributed by atoms with Gasteiger partial charge in [-0.3, -0.25) is 4.99 Å². The van der Waals surface area contributed by atoms with Crippen molar-refractivity contribution in [1.29, 1.82) is 0 Å². The smallest absolute Gasteiger partial charge is 0.214 e. The van der Waals surface area contributed by atoms with E-state index in [-0.39, 0.29) is 29.7 Å². The van der Waals surface area contributed by atoms with Crippen molar-refractivity contribution in [1.82, 2.24) is 14.5 Å². The number of aliphatic imine (C=N–C) groups is 1. The predicted octanol–water partition coefficient (Wildman–Crippen LogP) is 2.00. The summed E-state index contributed by atoms with van der Waals surface area (Å²) < 4.78 is 25.3. The van der Waals surface area contributed by atoms with Gasteiger partial charge in [-0.2, -0.15) is 0 Å². The number of aryl methyl sites for hydroxylation is 1. The van der Waals surface area contributed by atoms with Gasteiger partial charge >= 0.3 is 0 Å². The molecule has 2 heterocycles. The maximum atomic E-state index is 11.9. The predicted molar refractivity (Wildman–Crippen MR) is 127 cm³/mol. The van der Waals surface area contributed by atoms with Crippen LogP contribution in [0.5, 0.6) is 0 Å². The van der Waals surface area contributed by atoms with Crippen molar-refractivity contribution in [3.8, 4) is 0 Å². The lowest BCUT2D eigenvalue weighted by molar-refractivity contribution is 0.368. The van der Waals surface area contributed by atoms with Gasteiger partial charge in [-0.15, -0.1) is 24.0 Å². The van der Waals surface area contributed by atoms with E-state index in [1.807, 2.05) is 12.1 Å². The van der Waals surface area contributed by atoms with Crippen molar-refractivity contribution >= 4 is 57.2 Å². The summed E-state index contributed by atoms with van der Waals surface area (Å²) in [5.74, 6) is 1.10. The number of benzene rings is 1. The van der Waals surface area contributed by atoms with E-state index in [2.05, 4.69) is 33.1 Å². The van der Waals surface area contributed by atoms with Crippen LogP contribution in [0, 0.1) is 6.92 Å². The zero-order chi connectivity index (χ0) is 19.4. The topological polar surface area (TPSA) is 68.2 Å². The zero-order valence-electron chi connectivity index (χ0n) is 16.4. The summed E-state index contributed by atoms with van der Waals surface area (Å²) in [4.78, 5) is 8.93. The van der Waals surface area contributed by atoms with Gasteiger partial charge in [0.2, 0.25) is 10.0 Å². The highest BCUT2D eigenvalue weighted by Gasteiger charge is 2.28. The third-order valence-corrected chi connectivity index (χ3v) is 7.34. The van der Waals surface area contributed by atoms with Crippen molar-refractivity contribution in [3.05, 3.63) is 28.8 Å². The molecule has 28 heavy (non-hydrogen) atoms. The highest BCUT2D eigenvalue weighted by Crippen LogP contribution is 2.25. The quantitative estimate of drug-likeness (QED) is 0.359. The Balaban J connectivity index is 0.00000280. The first-order chi connectivity index (χ1) is 12.9. The van der Waals surface area contributed by atoms with Crippen LogP contribution in [0.2, 0.25) is 5.02 Å². The van der Waals surface area contributed by atoms with E-state index in [0.29, 0.717) is 19.6 Å². The van der Waals surface area contributed by atoms with Crippen molar-refractivity contribution in [2.75, 3.05) is 63.5 Å². The molecule has 1 N–H and O–H groups in total. The molecule has 2 aliphatic heterocycles. The maximum absolute atomic E-state index is 11.9. The summed E-state index contributed by atoms with van der Waals surface area (Å²) in [7, 11) is -1.27. The van der Waals surface area contributed by atoms with Crippen molar-refractivity contribution in [2.45, 2.75) is 13.3 Å². The fourth-order valence-corrected chi connectivity index (χ4v) is 5.34. The molecule has 0 bridgehead atoms. The highest BCUT2D eigenvalue weighted by atomic mass is 127. The number of nitrogens with zero attached hydrogens (tertiary/aromatic N) is 4. The molecule has 10 heteroatoms. The van der Waals surface area contributed by atoms with Crippen LogP contribution in [0.25, 0.3) is 0 Å². The van der Waals surface area contributed by atoms with E-state index in [9.17, 15) is 8.42 Å². The van der Waals surface area contributed by atoms with Gasteiger partial charge in [0, 0.05) is 63.6 Å².